The van der Waals surface area contributed by atoms with E-state index >= 15 is 0 Å². The molecule has 1 atom stereocenters. The minimum absolute atomic E-state index is 0.0566. The standard InChI is InChI=1S/C42H43ClN2O5S/c1-27-24-28(2)39(38(43)25-27)33-16-20-36(21-17-33)45-41(47)37(26-29-6-8-34(9-7-29)40(46)44-22-23-51(48,49)50)32-12-10-30(11-13-32)31-14-18-35(19-15-31)42(3,4)5/h6-21,24-25,37H,22-23,26H2,1-5H3,(H,44,46)(H,45,47)(H,48,49,50). The van der Waals surface area contributed by atoms with E-state index in [1.807, 2.05) is 68.4 Å². The second-order valence-corrected chi connectivity index (χ2v) is 15.9. The van der Waals surface area contributed by atoms with Gasteiger partial charge in [-0.2, -0.15) is 8.42 Å². The number of benzene rings is 5. The zero-order valence-electron chi connectivity index (χ0n) is 29.5. The summed E-state index contributed by atoms with van der Waals surface area (Å²) in [6, 6.07) is 35.1. The van der Waals surface area contributed by atoms with Crippen molar-refractivity contribution in [2.45, 2.75) is 52.4 Å². The number of carbonyl (C=O) groups excluding carboxylic acids is 2. The van der Waals surface area contributed by atoms with Crippen LogP contribution < -0.4 is 10.6 Å². The Bertz CT molecular complexity index is 2100. The number of aryl methyl sites for hydroxylation is 2. The summed E-state index contributed by atoms with van der Waals surface area (Å²) < 4.78 is 30.9. The number of rotatable bonds is 11. The largest absolute Gasteiger partial charge is 0.351 e. The molecule has 0 fully saturated rings. The van der Waals surface area contributed by atoms with Crippen molar-refractivity contribution in [1.82, 2.24) is 5.32 Å². The fourth-order valence-corrected chi connectivity index (χ4v) is 6.88. The Hall–Kier alpha value is -4.76. The lowest BCUT2D eigenvalue weighted by molar-refractivity contribution is -0.117. The van der Waals surface area contributed by atoms with Crippen molar-refractivity contribution in [3.8, 4) is 22.3 Å². The lowest BCUT2D eigenvalue weighted by atomic mass is 9.86. The summed E-state index contributed by atoms with van der Waals surface area (Å²) >= 11 is 6.60. The molecular formula is C42H43ClN2O5S. The molecule has 0 radical (unpaired) electrons. The lowest BCUT2D eigenvalue weighted by Gasteiger charge is -2.20. The molecule has 0 aliphatic heterocycles. The number of anilines is 1. The van der Waals surface area contributed by atoms with Crippen molar-refractivity contribution in [2.75, 3.05) is 17.6 Å². The molecule has 1 unspecified atom stereocenters. The van der Waals surface area contributed by atoms with Gasteiger partial charge in [0.1, 0.15) is 0 Å². The Kier molecular flexibility index (Phi) is 11.5. The highest BCUT2D eigenvalue weighted by molar-refractivity contribution is 7.85. The van der Waals surface area contributed by atoms with E-state index in [0.717, 1.165) is 44.5 Å². The van der Waals surface area contributed by atoms with Crippen molar-refractivity contribution in [1.29, 1.82) is 0 Å². The number of hydrogen-bond acceptors (Lipinski definition) is 4. The summed E-state index contributed by atoms with van der Waals surface area (Å²) in [5, 5.41) is 6.27. The van der Waals surface area contributed by atoms with Crippen LogP contribution in [0.4, 0.5) is 5.69 Å². The average Bonchev–Trinajstić information content (AvgIpc) is 3.07. The van der Waals surface area contributed by atoms with E-state index in [-0.39, 0.29) is 17.9 Å². The van der Waals surface area contributed by atoms with Crippen molar-refractivity contribution < 1.29 is 22.6 Å². The number of nitrogens with one attached hydrogen (secondary N) is 2. The third-order valence-corrected chi connectivity index (χ3v) is 9.91. The van der Waals surface area contributed by atoms with Crippen LogP contribution in [0.15, 0.2) is 109 Å². The predicted octanol–water partition coefficient (Wildman–Crippen LogP) is 9.17. The van der Waals surface area contributed by atoms with Gasteiger partial charge in [0, 0.05) is 28.4 Å². The van der Waals surface area contributed by atoms with Crippen molar-refractivity contribution >= 4 is 39.2 Å². The second kappa shape index (κ2) is 15.6. The Balaban J connectivity index is 1.38. The van der Waals surface area contributed by atoms with Crippen LogP contribution in [0.3, 0.4) is 0 Å². The van der Waals surface area contributed by atoms with Gasteiger partial charge in [-0.3, -0.25) is 14.1 Å². The summed E-state index contributed by atoms with van der Waals surface area (Å²) in [7, 11) is -4.18. The smallest absolute Gasteiger partial charge is 0.266 e. The normalized spacial score (nSPS) is 12.3. The van der Waals surface area contributed by atoms with Crippen LogP contribution in [0.25, 0.3) is 22.3 Å². The molecule has 5 aromatic rings. The number of hydrogen-bond donors (Lipinski definition) is 3. The molecule has 7 nitrogen and oxygen atoms in total. The molecule has 0 heterocycles. The third kappa shape index (κ3) is 9.94. The molecule has 2 amide bonds. The second-order valence-electron chi connectivity index (χ2n) is 14.0. The molecule has 0 aromatic heterocycles. The van der Waals surface area contributed by atoms with Gasteiger partial charge >= 0.3 is 0 Å². The van der Waals surface area contributed by atoms with E-state index in [4.69, 9.17) is 16.2 Å². The van der Waals surface area contributed by atoms with Gasteiger partial charge in [-0.05, 0) is 101 Å². The molecule has 0 aliphatic rings. The molecule has 3 N–H and O–H groups in total. The predicted molar refractivity (Wildman–Crippen MR) is 207 cm³/mol. The van der Waals surface area contributed by atoms with Gasteiger partial charge in [0.05, 0.1) is 11.7 Å². The minimum atomic E-state index is -4.18. The van der Waals surface area contributed by atoms with Crippen LogP contribution in [0.5, 0.6) is 0 Å². The lowest BCUT2D eigenvalue weighted by Crippen LogP contribution is -2.28. The SMILES string of the molecule is Cc1cc(C)c(-c2ccc(NC(=O)C(Cc3ccc(C(=O)NCCS(=O)(=O)O)cc3)c3ccc(-c4ccc(C(C)(C)C)cc4)cc3)cc2)c(Cl)c1. The summed E-state index contributed by atoms with van der Waals surface area (Å²) in [6.07, 6.45) is 0.367. The minimum Gasteiger partial charge on any atom is -0.351 e. The van der Waals surface area contributed by atoms with E-state index < -0.39 is 27.7 Å². The van der Waals surface area contributed by atoms with Crippen LogP contribution in [0, 0.1) is 13.8 Å². The maximum atomic E-state index is 14.0. The van der Waals surface area contributed by atoms with Gasteiger partial charge in [-0.15, -0.1) is 0 Å². The summed E-state index contributed by atoms with van der Waals surface area (Å²) in [5.74, 6) is -1.76. The molecule has 5 rings (SSSR count). The monoisotopic (exact) mass is 722 g/mol. The molecule has 0 bridgehead atoms. The van der Waals surface area contributed by atoms with E-state index in [1.165, 1.54) is 5.56 Å². The molecule has 0 spiro atoms. The maximum Gasteiger partial charge on any atom is 0.266 e. The molecule has 264 valence electrons. The quantitative estimate of drug-likeness (QED) is 0.118. The Morgan fingerprint density at radius 1 is 0.784 bits per heavy atom. The van der Waals surface area contributed by atoms with Gasteiger partial charge in [0.25, 0.3) is 16.0 Å². The molecule has 0 saturated heterocycles. The molecule has 9 heteroatoms. The first-order valence-electron chi connectivity index (χ1n) is 16.8. The Morgan fingerprint density at radius 3 is 1.90 bits per heavy atom. The van der Waals surface area contributed by atoms with Gasteiger partial charge in [-0.1, -0.05) is 111 Å². The van der Waals surface area contributed by atoms with Crippen LogP contribution in [-0.4, -0.2) is 37.1 Å². The Morgan fingerprint density at radius 2 is 1.35 bits per heavy atom. The first kappa shape index (κ1) is 37.5. The third-order valence-electron chi connectivity index (χ3n) is 8.89. The molecule has 0 saturated carbocycles. The summed E-state index contributed by atoms with van der Waals surface area (Å²) in [4.78, 5) is 26.5. The highest BCUT2D eigenvalue weighted by Gasteiger charge is 2.23. The van der Waals surface area contributed by atoms with E-state index in [2.05, 4.69) is 61.7 Å². The summed E-state index contributed by atoms with van der Waals surface area (Å²) in [6.45, 7) is 10.4. The van der Waals surface area contributed by atoms with Gasteiger partial charge in [0.15, 0.2) is 0 Å². The van der Waals surface area contributed by atoms with Gasteiger partial charge in [0.2, 0.25) is 5.91 Å². The van der Waals surface area contributed by atoms with Crippen molar-refractivity contribution in [3.05, 3.63) is 148 Å². The molecule has 0 aliphatic carbocycles. The first-order valence-corrected chi connectivity index (χ1v) is 18.8. The van der Waals surface area contributed by atoms with E-state index in [0.29, 0.717) is 22.7 Å². The topological polar surface area (TPSA) is 113 Å². The first-order chi connectivity index (χ1) is 24.1. The summed E-state index contributed by atoms with van der Waals surface area (Å²) in [5.41, 5.74) is 10.2. The fourth-order valence-electron chi connectivity index (χ4n) is 6.09. The highest BCUT2D eigenvalue weighted by atomic mass is 35.5. The van der Waals surface area contributed by atoms with E-state index in [1.54, 1.807) is 24.3 Å². The van der Waals surface area contributed by atoms with Crippen molar-refractivity contribution in [2.24, 2.45) is 0 Å². The maximum absolute atomic E-state index is 14.0. The Labute approximate surface area is 305 Å². The number of carbonyl (C=O) groups is 2. The highest BCUT2D eigenvalue weighted by Crippen LogP contribution is 2.34. The van der Waals surface area contributed by atoms with Crippen LogP contribution in [0.2, 0.25) is 5.02 Å². The fraction of sp³-hybridized carbons (Fsp3) is 0.238. The van der Waals surface area contributed by atoms with Gasteiger partial charge in [-0.25, -0.2) is 0 Å². The number of halogens is 1. The molecular weight excluding hydrogens is 680 g/mol. The zero-order valence-corrected chi connectivity index (χ0v) is 31.0. The number of amides is 2. The van der Waals surface area contributed by atoms with Crippen LogP contribution in [0.1, 0.15) is 64.9 Å². The van der Waals surface area contributed by atoms with Crippen LogP contribution >= 0.6 is 11.6 Å². The van der Waals surface area contributed by atoms with Crippen molar-refractivity contribution in [3.63, 3.8) is 0 Å². The molecule has 5 aromatic carbocycles. The van der Waals surface area contributed by atoms with E-state index in [9.17, 15) is 18.0 Å². The zero-order chi connectivity index (χ0) is 36.9. The van der Waals surface area contributed by atoms with Gasteiger partial charge < -0.3 is 10.6 Å². The molecule has 51 heavy (non-hydrogen) atoms. The average molecular weight is 723 g/mol. The van der Waals surface area contributed by atoms with Crippen LogP contribution in [-0.2, 0) is 26.7 Å².